The van der Waals surface area contributed by atoms with E-state index in [1.165, 1.54) is 12.8 Å². The van der Waals surface area contributed by atoms with Gasteiger partial charge in [0, 0.05) is 20.2 Å². The number of piperidine rings is 1. The van der Waals surface area contributed by atoms with Crippen LogP contribution in [0.3, 0.4) is 0 Å². The molecule has 15 heavy (non-hydrogen) atoms. The van der Waals surface area contributed by atoms with Crippen molar-refractivity contribution in [2.24, 2.45) is 0 Å². The smallest absolute Gasteiger partial charge is 0.209 e. The molecule has 1 aliphatic rings. The Morgan fingerprint density at radius 2 is 2.00 bits per heavy atom. The molecular formula is C11H24N2O2. The Morgan fingerprint density at radius 3 is 2.33 bits per heavy atom. The molecule has 0 atom stereocenters. The molecule has 1 saturated heterocycles. The summed E-state index contributed by atoms with van der Waals surface area (Å²) in [5.74, 6) is 0. The lowest BCUT2D eigenvalue weighted by Crippen LogP contribution is -2.32. The third-order valence-corrected chi connectivity index (χ3v) is 2.37. The van der Waals surface area contributed by atoms with Gasteiger partial charge in [0.1, 0.15) is 0 Å². The largest absolute Gasteiger partial charge is 0.378 e. The van der Waals surface area contributed by atoms with Crippen molar-refractivity contribution in [3.8, 4) is 0 Å². The fourth-order valence-electron chi connectivity index (χ4n) is 1.27. The number of amides is 1. The average molecular weight is 216 g/mol. The van der Waals surface area contributed by atoms with Crippen molar-refractivity contribution >= 4 is 6.41 Å². The summed E-state index contributed by atoms with van der Waals surface area (Å²) in [6, 6.07) is 0. The highest BCUT2D eigenvalue weighted by molar-refractivity contribution is 5.45. The van der Waals surface area contributed by atoms with Crippen LogP contribution >= 0.6 is 0 Å². The summed E-state index contributed by atoms with van der Waals surface area (Å²) in [6.07, 6.45) is 3.72. The number of nitrogens with one attached hydrogen (secondary N) is 1. The Bertz CT molecular complexity index is 145. The highest BCUT2D eigenvalue weighted by Crippen LogP contribution is 2.05. The number of carbonyl (C=O) groups is 1. The van der Waals surface area contributed by atoms with Gasteiger partial charge in [-0.1, -0.05) is 0 Å². The van der Waals surface area contributed by atoms with Gasteiger partial charge >= 0.3 is 0 Å². The molecule has 1 heterocycles. The molecule has 1 rings (SSSR count). The van der Waals surface area contributed by atoms with E-state index in [2.05, 4.69) is 12.2 Å². The Labute approximate surface area is 93.0 Å². The zero-order valence-corrected chi connectivity index (χ0v) is 10.2. The third-order valence-electron chi connectivity index (χ3n) is 2.37. The van der Waals surface area contributed by atoms with E-state index < -0.39 is 0 Å². The molecule has 0 aromatic carbocycles. The molecule has 0 aliphatic carbocycles. The number of hydrogen-bond acceptors (Lipinski definition) is 3. The average Bonchev–Trinajstić information content (AvgIpc) is 2.31. The highest BCUT2D eigenvalue weighted by atomic mass is 16.5. The molecule has 1 aliphatic heterocycles. The standard InChI is InChI=1S/C7H15NO.C4H9NO/c1-2-9-7-3-5-8-6-4-7;1-3-5(2)4-6/h7-8H,2-6H2,1H3;4H,3H2,1-2H3. The van der Waals surface area contributed by atoms with Gasteiger partial charge in [0.2, 0.25) is 6.41 Å². The molecule has 4 nitrogen and oxygen atoms in total. The predicted octanol–water partition coefficient (Wildman–Crippen LogP) is 0.869. The van der Waals surface area contributed by atoms with Crippen LogP contribution in [0.2, 0.25) is 0 Å². The van der Waals surface area contributed by atoms with Crippen LogP contribution in [-0.4, -0.2) is 50.7 Å². The lowest BCUT2D eigenvalue weighted by molar-refractivity contribution is -0.116. The lowest BCUT2D eigenvalue weighted by Gasteiger charge is -2.21. The maximum Gasteiger partial charge on any atom is 0.209 e. The fraction of sp³-hybridized carbons (Fsp3) is 0.909. The number of carbonyl (C=O) groups excluding carboxylic acids is 1. The molecular weight excluding hydrogens is 192 g/mol. The van der Waals surface area contributed by atoms with Gasteiger partial charge in [-0.05, 0) is 39.8 Å². The summed E-state index contributed by atoms with van der Waals surface area (Å²) in [7, 11) is 1.74. The highest BCUT2D eigenvalue weighted by Gasteiger charge is 2.11. The lowest BCUT2D eigenvalue weighted by atomic mass is 10.1. The van der Waals surface area contributed by atoms with Gasteiger partial charge in [-0.25, -0.2) is 0 Å². The molecule has 0 spiro atoms. The van der Waals surface area contributed by atoms with Crippen LogP contribution in [0.5, 0.6) is 0 Å². The third kappa shape index (κ3) is 8.39. The van der Waals surface area contributed by atoms with E-state index in [0.29, 0.717) is 6.10 Å². The Morgan fingerprint density at radius 1 is 1.40 bits per heavy atom. The van der Waals surface area contributed by atoms with E-state index in [1.807, 2.05) is 6.92 Å². The summed E-state index contributed by atoms with van der Waals surface area (Å²) >= 11 is 0. The number of hydrogen-bond donors (Lipinski definition) is 1. The molecule has 0 bridgehead atoms. The molecule has 4 heteroatoms. The molecule has 0 aromatic rings. The van der Waals surface area contributed by atoms with Crippen LogP contribution in [0.15, 0.2) is 0 Å². The van der Waals surface area contributed by atoms with Gasteiger partial charge in [-0.3, -0.25) is 4.79 Å². The first-order chi connectivity index (χ1) is 7.24. The molecule has 1 N–H and O–H groups in total. The quantitative estimate of drug-likeness (QED) is 0.709. The number of rotatable bonds is 4. The fourth-order valence-corrected chi connectivity index (χ4v) is 1.27. The minimum absolute atomic E-state index is 0.538. The van der Waals surface area contributed by atoms with Crippen molar-refractivity contribution in [3.05, 3.63) is 0 Å². The van der Waals surface area contributed by atoms with Crippen molar-refractivity contribution < 1.29 is 9.53 Å². The van der Waals surface area contributed by atoms with Crippen LogP contribution in [0.4, 0.5) is 0 Å². The molecule has 1 fully saturated rings. The normalized spacial score (nSPS) is 16.5. The molecule has 90 valence electrons. The van der Waals surface area contributed by atoms with Crippen LogP contribution in [0.25, 0.3) is 0 Å². The zero-order valence-electron chi connectivity index (χ0n) is 10.2. The number of nitrogens with zero attached hydrogens (tertiary/aromatic N) is 1. The van der Waals surface area contributed by atoms with E-state index in [0.717, 1.165) is 32.7 Å². The van der Waals surface area contributed by atoms with Gasteiger partial charge in [-0.2, -0.15) is 0 Å². The van der Waals surface area contributed by atoms with Crippen LogP contribution in [-0.2, 0) is 9.53 Å². The first-order valence-electron chi connectivity index (χ1n) is 5.72. The summed E-state index contributed by atoms with van der Waals surface area (Å²) < 4.78 is 5.44. The Hall–Kier alpha value is -0.610. The van der Waals surface area contributed by atoms with Crippen molar-refractivity contribution in [1.82, 2.24) is 10.2 Å². The molecule has 0 radical (unpaired) electrons. The van der Waals surface area contributed by atoms with E-state index in [1.54, 1.807) is 11.9 Å². The topological polar surface area (TPSA) is 41.6 Å². The first kappa shape index (κ1) is 14.4. The predicted molar refractivity (Wildman–Crippen MR) is 61.9 cm³/mol. The molecule has 0 unspecified atom stereocenters. The Kier molecular flexibility index (Phi) is 9.52. The van der Waals surface area contributed by atoms with Gasteiger partial charge in [-0.15, -0.1) is 0 Å². The minimum Gasteiger partial charge on any atom is -0.378 e. The summed E-state index contributed by atoms with van der Waals surface area (Å²) in [5.41, 5.74) is 0. The van der Waals surface area contributed by atoms with Crippen molar-refractivity contribution in [2.45, 2.75) is 32.8 Å². The van der Waals surface area contributed by atoms with E-state index in [9.17, 15) is 4.79 Å². The van der Waals surface area contributed by atoms with E-state index in [-0.39, 0.29) is 0 Å². The first-order valence-corrected chi connectivity index (χ1v) is 5.72. The monoisotopic (exact) mass is 216 g/mol. The summed E-state index contributed by atoms with van der Waals surface area (Å²) in [5, 5.41) is 3.29. The zero-order chi connectivity index (χ0) is 11.5. The molecule has 0 saturated carbocycles. The second-order valence-corrected chi connectivity index (χ2v) is 3.58. The maximum absolute atomic E-state index is 9.66. The second-order valence-electron chi connectivity index (χ2n) is 3.58. The minimum atomic E-state index is 0.538. The van der Waals surface area contributed by atoms with Crippen molar-refractivity contribution in [2.75, 3.05) is 33.3 Å². The van der Waals surface area contributed by atoms with Crippen molar-refractivity contribution in [1.29, 1.82) is 0 Å². The van der Waals surface area contributed by atoms with E-state index >= 15 is 0 Å². The molecule has 0 aromatic heterocycles. The van der Waals surface area contributed by atoms with Gasteiger partial charge in [0.05, 0.1) is 6.10 Å². The van der Waals surface area contributed by atoms with Crippen LogP contribution < -0.4 is 5.32 Å². The number of ether oxygens (including phenoxy) is 1. The Balaban J connectivity index is 0.000000288. The van der Waals surface area contributed by atoms with Gasteiger partial charge < -0.3 is 15.0 Å². The summed E-state index contributed by atoms with van der Waals surface area (Å²) in [4.78, 5) is 11.2. The summed E-state index contributed by atoms with van der Waals surface area (Å²) in [6.45, 7) is 7.90. The SMILES string of the molecule is CCN(C)C=O.CCOC1CCNCC1. The van der Waals surface area contributed by atoms with Crippen LogP contribution in [0, 0.1) is 0 Å². The van der Waals surface area contributed by atoms with Crippen molar-refractivity contribution in [3.63, 3.8) is 0 Å². The van der Waals surface area contributed by atoms with Gasteiger partial charge in [0.15, 0.2) is 0 Å². The van der Waals surface area contributed by atoms with Crippen LogP contribution in [0.1, 0.15) is 26.7 Å². The second kappa shape index (κ2) is 9.93. The maximum atomic E-state index is 9.66. The molecule has 1 amide bonds. The van der Waals surface area contributed by atoms with Gasteiger partial charge in [0.25, 0.3) is 0 Å². The van der Waals surface area contributed by atoms with E-state index in [4.69, 9.17) is 4.74 Å².